The Kier molecular flexibility index (Phi) is 7.92. The summed E-state index contributed by atoms with van der Waals surface area (Å²) in [6.07, 6.45) is -1.71. The maximum atomic E-state index is 11.6. The zero-order valence-corrected chi connectivity index (χ0v) is 13.4. The Bertz CT molecular complexity index is 407. The molecule has 1 saturated heterocycles. The monoisotopic (exact) mass is 341 g/mol. The highest BCUT2D eigenvalue weighted by Gasteiger charge is 2.41. The summed E-state index contributed by atoms with van der Waals surface area (Å²) < 4.78 is 26.3. The predicted octanol–water partition coefficient (Wildman–Crippen LogP) is -0.325. The first-order valence-electron chi connectivity index (χ1n) is 7.14. The van der Waals surface area contributed by atoms with E-state index in [1.165, 1.54) is 0 Å². The molecule has 1 aliphatic rings. The van der Waals surface area contributed by atoms with Gasteiger partial charge in [-0.2, -0.15) is 0 Å². The summed E-state index contributed by atoms with van der Waals surface area (Å²) in [7, 11) is -4.24. The SMILES string of the molecule is C[C@@H]1O[C@H](COP(=O)(O)OCCCCCC(N)=O)C(O)C1O. The molecule has 0 saturated carbocycles. The van der Waals surface area contributed by atoms with E-state index in [-0.39, 0.29) is 25.5 Å². The van der Waals surface area contributed by atoms with Crippen molar-refractivity contribution in [2.45, 2.75) is 57.0 Å². The molecule has 5 N–H and O–H groups in total. The van der Waals surface area contributed by atoms with Crippen molar-refractivity contribution in [3.05, 3.63) is 0 Å². The third-order valence-electron chi connectivity index (χ3n) is 3.33. The number of hydrogen-bond acceptors (Lipinski definition) is 7. The lowest BCUT2D eigenvalue weighted by Gasteiger charge is -2.17. The van der Waals surface area contributed by atoms with Crippen LogP contribution in [0, 0.1) is 0 Å². The van der Waals surface area contributed by atoms with Crippen LogP contribution in [0.4, 0.5) is 0 Å². The predicted molar refractivity (Wildman–Crippen MR) is 75.7 cm³/mol. The zero-order valence-electron chi connectivity index (χ0n) is 12.5. The number of aliphatic hydroxyl groups excluding tert-OH is 2. The number of unbranched alkanes of at least 4 members (excludes halogenated alkanes) is 2. The number of ether oxygens (including phenoxy) is 1. The van der Waals surface area contributed by atoms with Crippen molar-refractivity contribution in [3.63, 3.8) is 0 Å². The molecule has 0 bridgehead atoms. The first-order chi connectivity index (χ1) is 10.2. The number of phosphoric acid groups is 1. The van der Waals surface area contributed by atoms with Gasteiger partial charge in [0, 0.05) is 6.42 Å². The summed E-state index contributed by atoms with van der Waals surface area (Å²) >= 11 is 0. The van der Waals surface area contributed by atoms with E-state index in [2.05, 4.69) is 0 Å². The Hall–Kier alpha value is -0.540. The highest BCUT2D eigenvalue weighted by Crippen LogP contribution is 2.44. The minimum absolute atomic E-state index is 0.000352. The standard InChI is InChI=1S/C12H24NO8P/c1-8-11(15)12(16)9(21-8)7-20-22(17,18)19-6-4-2-3-5-10(13)14/h8-9,11-12,15-16H,2-7H2,1H3,(H2,13,14)(H,17,18)/t8-,9+,11?,12?/m0/s1. The second-order valence-corrected chi connectivity index (χ2v) is 6.69. The summed E-state index contributed by atoms with van der Waals surface area (Å²) in [6.45, 7) is 1.21. The average Bonchev–Trinajstić information content (AvgIpc) is 2.67. The quantitative estimate of drug-likeness (QED) is 0.312. The Labute approximate surface area is 129 Å². The Balaban J connectivity index is 2.18. The summed E-state index contributed by atoms with van der Waals surface area (Å²) in [5.74, 6) is -0.386. The molecule has 10 heteroatoms. The van der Waals surface area contributed by atoms with Crippen molar-refractivity contribution >= 4 is 13.7 Å². The van der Waals surface area contributed by atoms with Gasteiger partial charge in [-0.1, -0.05) is 6.42 Å². The maximum absolute atomic E-state index is 11.6. The molecule has 1 aliphatic heterocycles. The van der Waals surface area contributed by atoms with Crippen molar-refractivity contribution in [2.24, 2.45) is 5.73 Å². The molecule has 0 spiro atoms. The number of hydrogen-bond donors (Lipinski definition) is 4. The number of amides is 1. The van der Waals surface area contributed by atoms with Gasteiger partial charge in [-0.05, 0) is 19.8 Å². The van der Waals surface area contributed by atoms with E-state index in [1.807, 2.05) is 0 Å². The van der Waals surface area contributed by atoms with Gasteiger partial charge in [0.05, 0.1) is 19.3 Å². The number of nitrogens with two attached hydrogens (primary N) is 1. The lowest BCUT2D eigenvalue weighted by molar-refractivity contribution is -0.118. The molecule has 0 radical (unpaired) electrons. The fourth-order valence-electron chi connectivity index (χ4n) is 2.04. The average molecular weight is 341 g/mol. The number of phosphoric ester groups is 1. The number of carbonyl (C=O) groups is 1. The van der Waals surface area contributed by atoms with Gasteiger partial charge in [0.15, 0.2) is 0 Å². The second kappa shape index (κ2) is 8.93. The number of rotatable bonds is 10. The van der Waals surface area contributed by atoms with Crippen LogP contribution in [0.25, 0.3) is 0 Å². The highest BCUT2D eigenvalue weighted by molar-refractivity contribution is 7.47. The van der Waals surface area contributed by atoms with Crippen LogP contribution in [0.3, 0.4) is 0 Å². The summed E-state index contributed by atoms with van der Waals surface area (Å²) in [5, 5.41) is 19.1. The summed E-state index contributed by atoms with van der Waals surface area (Å²) in [4.78, 5) is 20.0. The molecule has 0 aromatic heterocycles. The van der Waals surface area contributed by atoms with Gasteiger partial charge in [0.25, 0.3) is 0 Å². The zero-order chi connectivity index (χ0) is 16.8. The maximum Gasteiger partial charge on any atom is 0.472 e. The van der Waals surface area contributed by atoms with E-state index in [0.29, 0.717) is 19.3 Å². The van der Waals surface area contributed by atoms with E-state index in [9.17, 15) is 24.5 Å². The van der Waals surface area contributed by atoms with Gasteiger partial charge in [0.2, 0.25) is 5.91 Å². The topological polar surface area (TPSA) is 149 Å². The molecular weight excluding hydrogens is 317 g/mol. The van der Waals surface area contributed by atoms with Crippen molar-refractivity contribution in [1.29, 1.82) is 0 Å². The van der Waals surface area contributed by atoms with Crippen LogP contribution in [0.5, 0.6) is 0 Å². The molecule has 3 unspecified atom stereocenters. The van der Waals surface area contributed by atoms with Crippen LogP contribution >= 0.6 is 7.82 Å². The molecule has 0 aromatic rings. The second-order valence-electron chi connectivity index (χ2n) is 5.24. The lowest BCUT2D eigenvalue weighted by atomic mass is 10.1. The Morgan fingerprint density at radius 3 is 2.45 bits per heavy atom. The van der Waals surface area contributed by atoms with Gasteiger partial charge in [-0.3, -0.25) is 13.8 Å². The van der Waals surface area contributed by atoms with Crippen LogP contribution in [-0.4, -0.2) is 58.6 Å². The fraction of sp³-hybridized carbons (Fsp3) is 0.917. The third kappa shape index (κ3) is 6.70. The van der Waals surface area contributed by atoms with Gasteiger partial charge < -0.3 is 25.6 Å². The van der Waals surface area contributed by atoms with E-state index in [1.54, 1.807) is 6.92 Å². The van der Waals surface area contributed by atoms with Crippen LogP contribution < -0.4 is 5.73 Å². The van der Waals surface area contributed by atoms with Crippen molar-refractivity contribution in [1.82, 2.24) is 0 Å². The first-order valence-corrected chi connectivity index (χ1v) is 8.64. The molecule has 0 aromatic carbocycles. The highest BCUT2D eigenvalue weighted by atomic mass is 31.2. The summed E-state index contributed by atoms with van der Waals surface area (Å²) in [5.41, 5.74) is 4.98. The summed E-state index contributed by atoms with van der Waals surface area (Å²) in [6, 6.07) is 0. The van der Waals surface area contributed by atoms with Crippen molar-refractivity contribution in [2.75, 3.05) is 13.2 Å². The van der Waals surface area contributed by atoms with E-state index in [0.717, 1.165) is 0 Å². The molecular formula is C12H24NO8P. The molecule has 0 aliphatic carbocycles. The molecule has 9 nitrogen and oxygen atoms in total. The fourth-order valence-corrected chi connectivity index (χ4v) is 2.80. The Morgan fingerprint density at radius 2 is 1.91 bits per heavy atom. The van der Waals surface area contributed by atoms with Crippen molar-refractivity contribution < 1.29 is 38.3 Å². The minimum atomic E-state index is -4.24. The van der Waals surface area contributed by atoms with Gasteiger partial charge in [-0.15, -0.1) is 0 Å². The Morgan fingerprint density at radius 1 is 1.23 bits per heavy atom. The van der Waals surface area contributed by atoms with E-state index < -0.39 is 32.2 Å². The van der Waals surface area contributed by atoms with Crippen LogP contribution in [0.1, 0.15) is 32.6 Å². The smallest absolute Gasteiger partial charge is 0.388 e. The van der Waals surface area contributed by atoms with Gasteiger partial charge in [0.1, 0.15) is 18.3 Å². The molecule has 1 heterocycles. The molecule has 5 atom stereocenters. The van der Waals surface area contributed by atoms with Crippen LogP contribution in [0.15, 0.2) is 0 Å². The van der Waals surface area contributed by atoms with Gasteiger partial charge in [-0.25, -0.2) is 4.57 Å². The number of aliphatic hydroxyl groups is 2. The molecule has 1 amide bonds. The van der Waals surface area contributed by atoms with Crippen LogP contribution in [0.2, 0.25) is 0 Å². The van der Waals surface area contributed by atoms with E-state index in [4.69, 9.17) is 19.5 Å². The molecule has 130 valence electrons. The normalized spacial score (nSPS) is 31.1. The minimum Gasteiger partial charge on any atom is -0.388 e. The van der Waals surface area contributed by atoms with Gasteiger partial charge >= 0.3 is 7.82 Å². The number of carbonyl (C=O) groups excluding carboxylic acids is 1. The molecule has 1 fully saturated rings. The number of primary amides is 1. The van der Waals surface area contributed by atoms with Crippen LogP contribution in [-0.2, 0) is 23.1 Å². The first kappa shape index (κ1) is 19.5. The van der Waals surface area contributed by atoms with Crippen molar-refractivity contribution in [3.8, 4) is 0 Å². The molecule has 22 heavy (non-hydrogen) atoms. The lowest BCUT2D eigenvalue weighted by Crippen LogP contribution is -2.33. The van der Waals surface area contributed by atoms with E-state index >= 15 is 0 Å². The largest absolute Gasteiger partial charge is 0.472 e. The molecule has 1 rings (SSSR count). The third-order valence-corrected chi connectivity index (χ3v) is 4.31.